The second-order valence-corrected chi connectivity index (χ2v) is 8.90. The summed E-state index contributed by atoms with van der Waals surface area (Å²) in [6, 6.07) is 12.0. The lowest BCUT2D eigenvalue weighted by Gasteiger charge is -2.38. The lowest BCUT2D eigenvalue weighted by atomic mass is 9.76. The number of nitro benzene ring substituents is 1. The highest BCUT2D eigenvalue weighted by Crippen LogP contribution is 2.52. The lowest BCUT2D eigenvalue weighted by molar-refractivity contribution is -0.384. The van der Waals surface area contributed by atoms with Crippen LogP contribution in [0.5, 0.6) is 0 Å². The van der Waals surface area contributed by atoms with Gasteiger partial charge in [0.1, 0.15) is 0 Å². The number of anilines is 1. The average molecular weight is 383 g/mol. The zero-order chi connectivity index (χ0) is 19.3. The third-order valence-electron chi connectivity index (χ3n) is 5.75. The van der Waals surface area contributed by atoms with Crippen molar-refractivity contribution in [3.63, 3.8) is 0 Å². The standard InChI is InChI=1S/C22H23ClN2O2/c1-22(2,3)14-9-7-13(8-10-14)20-17-6-4-5-16(17)18-11-15(25(26)27)12-19(23)21(18)24-20/h4-5,7-12,16-17,20,24H,6H2,1-3H3/t16-,17-,20-/m0/s1. The van der Waals surface area contributed by atoms with Gasteiger partial charge in [-0.05, 0) is 34.4 Å². The number of non-ortho nitro benzene ring substituents is 1. The molecule has 0 saturated carbocycles. The van der Waals surface area contributed by atoms with E-state index in [4.69, 9.17) is 11.6 Å². The average Bonchev–Trinajstić information content (AvgIpc) is 3.10. The number of benzene rings is 2. The highest BCUT2D eigenvalue weighted by atomic mass is 35.5. The number of nitrogens with zero attached hydrogens (tertiary/aromatic N) is 1. The molecule has 0 amide bonds. The number of hydrogen-bond acceptors (Lipinski definition) is 3. The molecule has 0 aromatic heterocycles. The minimum atomic E-state index is -0.378. The smallest absolute Gasteiger partial charge is 0.271 e. The Kier molecular flexibility index (Phi) is 4.26. The number of hydrogen-bond donors (Lipinski definition) is 1. The Morgan fingerprint density at radius 3 is 2.52 bits per heavy atom. The Bertz CT molecular complexity index is 929. The highest BCUT2D eigenvalue weighted by Gasteiger charge is 2.39. The molecule has 2 aromatic rings. The molecular weight excluding hydrogens is 360 g/mol. The normalized spacial score (nSPS) is 23.5. The first kappa shape index (κ1) is 18.1. The van der Waals surface area contributed by atoms with Gasteiger partial charge in [0, 0.05) is 18.1 Å². The summed E-state index contributed by atoms with van der Waals surface area (Å²) in [5.74, 6) is 0.474. The van der Waals surface area contributed by atoms with Crippen molar-refractivity contribution in [2.45, 2.75) is 44.6 Å². The molecule has 1 aliphatic carbocycles. The Hall–Kier alpha value is -2.33. The highest BCUT2D eigenvalue weighted by molar-refractivity contribution is 6.33. The van der Waals surface area contributed by atoms with Crippen LogP contribution in [-0.2, 0) is 5.41 Å². The van der Waals surface area contributed by atoms with E-state index in [2.05, 4.69) is 62.5 Å². The van der Waals surface area contributed by atoms with Gasteiger partial charge in [0.05, 0.1) is 21.7 Å². The van der Waals surface area contributed by atoms with Crippen LogP contribution in [0.15, 0.2) is 48.6 Å². The van der Waals surface area contributed by atoms with Gasteiger partial charge in [0.25, 0.3) is 5.69 Å². The first-order chi connectivity index (χ1) is 12.8. The van der Waals surface area contributed by atoms with E-state index in [1.165, 1.54) is 17.2 Å². The van der Waals surface area contributed by atoms with E-state index in [1.807, 2.05) is 0 Å². The summed E-state index contributed by atoms with van der Waals surface area (Å²) in [5.41, 5.74) is 4.44. The summed E-state index contributed by atoms with van der Waals surface area (Å²) < 4.78 is 0. The van der Waals surface area contributed by atoms with Gasteiger partial charge in [-0.2, -0.15) is 0 Å². The third kappa shape index (κ3) is 3.12. The molecule has 2 aromatic carbocycles. The number of allylic oxidation sites excluding steroid dienone is 2. The van der Waals surface area contributed by atoms with Gasteiger partial charge < -0.3 is 5.32 Å². The van der Waals surface area contributed by atoms with E-state index in [1.54, 1.807) is 6.07 Å². The minimum absolute atomic E-state index is 0.0487. The largest absolute Gasteiger partial charge is 0.376 e. The van der Waals surface area contributed by atoms with Crippen LogP contribution in [-0.4, -0.2) is 4.92 Å². The van der Waals surface area contributed by atoms with Crippen LogP contribution in [0.25, 0.3) is 0 Å². The molecule has 1 N–H and O–H groups in total. The zero-order valence-electron chi connectivity index (χ0n) is 15.7. The lowest BCUT2D eigenvalue weighted by Crippen LogP contribution is -2.29. The minimum Gasteiger partial charge on any atom is -0.376 e. The molecule has 27 heavy (non-hydrogen) atoms. The fourth-order valence-electron chi connectivity index (χ4n) is 4.27. The fraction of sp³-hybridized carbons (Fsp3) is 0.364. The summed E-state index contributed by atoms with van der Waals surface area (Å²) in [6.07, 6.45) is 5.29. The predicted molar refractivity (Wildman–Crippen MR) is 110 cm³/mol. The molecule has 1 aliphatic heterocycles. The molecule has 3 atom stereocenters. The van der Waals surface area contributed by atoms with Gasteiger partial charge in [0.2, 0.25) is 0 Å². The van der Waals surface area contributed by atoms with Crippen molar-refractivity contribution in [2.24, 2.45) is 5.92 Å². The van der Waals surface area contributed by atoms with Crippen LogP contribution >= 0.6 is 11.6 Å². The fourth-order valence-corrected chi connectivity index (χ4v) is 4.54. The zero-order valence-corrected chi connectivity index (χ0v) is 16.5. The molecule has 2 aliphatic rings. The molecule has 140 valence electrons. The Labute approximate surface area is 164 Å². The Balaban J connectivity index is 1.75. The van der Waals surface area contributed by atoms with Crippen LogP contribution in [0.2, 0.25) is 5.02 Å². The third-order valence-corrected chi connectivity index (χ3v) is 6.05. The summed E-state index contributed by atoms with van der Waals surface area (Å²) in [4.78, 5) is 10.9. The van der Waals surface area contributed by atoms with Crippen molar-refractivity contribution >= 4 is 23.0 Å². The van der Waals surface area contributed by atoms with Crippen molar-refractivity contribution < 1.29 is 4.92 Å². The molecule has 0 unspecified atom stereocenters. The number of halogens is 1. The van der Waals surface area contributed by atoms with Crippen molar-refractivity contribution in [3.8, 4) is 0 Å². The summed E-state index contributed by atoms with van der Waals surface area (Å²) >= 11 is 6.43. The van der Waals surface area contributed by atoms with Crippen LogP contribution in [0.4, 0.5) is 11.4 Å². The molecule has 0 saturated heterocycles. The summed E-state index contributed by atoms with van der Waals surface area (Å²) in [5, 5.41) is 15.2. The second kappa shape index (κ2) is 6.38. The maximum Gasteiger partial charge on any atom is 0.271 e. The Morgan fingerprint density at radius 2 is 1.89 bits per heavy atom. The number of rotatable bonds is 2. The Morgan fingerprint density at radius 1 is 1.19 bits per heavy atom. The number of nitrogens with one attached hydrogen (secondary N) is 1. The van der Waals surface area contributed by atoms with Gasteiger partial charge in [-0.1, -0.05) is 68.8 Å². The summed E-state index contributed by atoms with van der Waals surface area (Å²) in [6.45, 7) is 6.63. The monoisotopic (exact) mass is 382 g/mol. The van der Waals surface area contributed by atoms with E-state index in [0.29, 0.717) is 10.9 Å². The predicted octanol–water partition coefficient (Wildman–Crippen LogP) is 6.37. The molecule has 0 bridgehead atoms. The molecule has 0 spiro atoms. The van der Waals surface area contributed by atoms with Crippen LogP contribution in [0.3, 0.4) is 0 Å². The van der Waals surface area contributed by atoms with Crippen molar-refractivity contribution in [3.05, 3.63) is 80.4 Å². The molecule has 1 heterocycles. The second-order valence-electron chi connectivity index (χ2n) is 8.50. The molecule has 5 heteroatoms. The first-order valence-electron chi connectivity index (χ1n) is 9.27. The van der Waals surface area contributed by atoms with Crippen molar-refractivity contribution in [2.75, 3.05) is 5.32 Å². The van der Waals surface area contributed by atoms with Crippen molar-refractivity contribution in [1.82, 2.24) is 0 Å². The molecule has 0 radical (unpaired) electrons. The van der Waals surface area contributed by atoms with Crippen molar-refractivity contribution in [1.29, 1.82) is 0 Å². The van der Waals surface area contributed by atoms with Gasteiger partial charge >= 0.3 is 0 Å². The number of nitro groups is 1. The van der Waals surface area contributed by atoms with E-state index in [-0.39, 0.29) is 28.0 Å². The van der Waals surface area contributed by atoms with E-state index < -0.39 is 0 Å². The molecule has 4 nitrogen and oxygen atoms in total. The summed E-state index contributed by atoms with van der Waals surface area (Å²) in [7, 11) is 0. The van der Waals surface area contributed by atoms with Crippen LogP contribution in [0.1, 0.15) is 55.8 Å². The van der Waals surface area contributed by atoms with E-state index in [0.717, 1.165) is 17.7 Å². The van der Waals surface area contributed by atoms with Crippen LogP contribution < -0.4 is 5.32 Å². The quantitative estimate of drug-likeness (QED) is 0.373. The van der Waals surface area contributed by atoms with E-state index in [9.17, 15) is 10.1 Å². The molecule has 0 fully saturated rings. The SMILES string of the molecule is CC(C)(C)c1ccc([C@@H]2Nc3c(Cl)cc([N+](=O)[O-])cc3[C@H]3C=CC[C@@H]32)cc1. The molecular formula is C22H23ClN2O2. The maximum atomic E-state index is 11.2. The number of fused-ring (bicyclic) bond motifs is 3. The van der Waals surface area contributed by atoms with Gasteiger partial charge in [0.15, 0.2) is 0 Å². The topological polar surface area (TPSA) is 55.2 Å². The van der Waals surface area contributed by atoms with E-state index >= 15 is 0 Å². The first-order valence-corrected chi connectivity index (χ1v) is 9.65. The van der Waals surface area contributed by atoms with Gasteiger partial charge in [-0.3, -0.25) is 10.1 Å². The maximum absolute atomic E-state index is 11.2. The van der Waals surface area contributed by atoms with Gasteiger partial charge in [-0.25, -0.2) is 0 Å². The molecule has 4 rings (SSSR count). The van der Waals surface area contributed by atoms with Gasteiger partial charge in [-0.15, -0.1) is 0 Å². The van der Waals surface area contributed by atoms with Crippen LogP contribution in [0, 0.1) is 16.0 Å².